The van der Waals surface area contributed by atoms with Gasteiger partial charge in [0.2, 0.25) is 0 Å². The molecule has 1 N–H and O–H groups in total. The standard InChI is InChI=1S/C25H29N3O2/c1-18-5-9-20(10-6-18)15-28-16-23(24(26-28)22-11-7-19(2)8-12-22)25(30)27-13-3-4-21(14-27)17-29/h5-12,16,21,29H,3-4,13-15,17H2,1-2H3. The van der Waals surface area contributed by atoms with Gasteiger partial charge in [0.25, 0.3) is 5.91 Å². The lowest BCUT2D eigenvalue weighted by Crippen LogP contribution is -2.41. The van der Waals surface area contributed by atoms with Gasteiger partial charge in [0.15, 0.2) is 0 Å². The number of aliphatic hydroxyl groups excluding tert-OH is 1. The highest BCUT2D eigenvalue weighted by Gasteiger charge is 2.27. The number of benzene rings is 2. The van der Waals surface area contributed by atoms with E-state index in [-0.39, 0.29) is 18.4 Å². The Balaban J connectivity index is 1.67. The second kappa shape index (κ2) is 8.84. The van der Waals surface area contributed by atoms with Gasteiger partial charge in [-0.1, -0.05) is 59.7 Å². The summed E-state index contributed by atoms with van der Waals surface area (Å²) in [5, 5.41) is 14.4. The molecule has 1 aliphatic heterocycles. The first-order valence-electron chi connectivity index (χ1n) is 10.6. The average molecular weight is 404 g/mol. The maximum atomic E-state index is 13.4. The van der Waals surface area contributed by atoms with Crippen LogP contribution in [0.3, 0.4) is 0 Å². The number of aliphatic hydroxyl groups is 1. The molecule has 0 radical (unpaired) electrons. The van der Waals surface area contributed by atoms with E-state index < -0.39 is 0 Å². The Bertz CT molecular complexity index is 1010. The van der Waals surface area contributed by atoms with Gasteiger partial charge in [-0.25, -0.2) is 0 Å². The fourth-order valence-corrected chi connectivity index (χ4v) is 4.03. The summed E-state index contributed by atoms with van der Waals surface area (Å²) in [5.41, 5.74) is 5.84. The van der Waals surface area contributed by atoms with Gasteiger partial charge in [-0.2, -0.15) is 5.10 Å². The van der Waals surface area contributed by atoms with Gasteiger partial charge in [0.1, 0.15) is 5.69 Å². The summed E-state index contributed by atoms with van der Waals surface area (Å²) in [7, 11) is 0. The van der Waals surface area contributed by atoms with Crippen molar-refractivity contribution in [3.05, 3.63) is 77.0 Å². The van der Waals surface area contributed by atoms with Crippen molar-refractivity contribution in [2.24, 2.45) is 5.92 Å². The Morgan fingerprint density at radius 1 is 1.07 bits per heavy atom. The zero-order valence-corrected chi connectivity index (χ0v) is 17.7. The topological polar surface area (TPSA) is 58.4 Å². The molecule has 4 rings (SSSR count). The van der Waals surface area contributed by atoms with Crippen LogP contribution in [0.25, 0.3) is 11.3 Å². The van der Waals surface area contributed by atoms with Crippen LogP contribution in [0.15, 0.2) is 54.7 Å². The third kappa shape index (κ3) is 4.46. The largest absolute Gasteiger partial charge is 0.396 e. The summed E-state index contributed by atoms with van der Waals surface area (Å²) in [6.45, 7) is 6.20. The van der Waals surface area contributed by atoms with Gasteiger partial charge < -0.3 is 10.0 Å². The minimum absolute atomic E-state index is 0.00104. The number of carbonyl (C=O) groups is 1. The number of nitrogens with zero attached hydrogens (tertiary/aromatic N) is 3. The van der Waals surface area contributed by atoms with E-state index in [1.807, 2.05) is 40.0 Å². The summed E-state index contributed by atoms with van der Waals surface area (Å²) in [6.07, 6.45) is 3.77. The third-order valence-corrected chi connectivity index (χ3v) is 5.85. The molecule has 1 aromatic heterocycles. The molecule has 1 amide bonds. The molecule has 5 nitrogen and oxygen atoms in total. The highest BCUT2D eigenvalue weighted by Crippen LogP contribution is 2.26. The monoisotopic (exact) mass is 403 g/mol. The molecule has 30 heavy (non-hydrogen) atoms. The van der Waals surface area contributed by atoms with Crippen LogP contribution >= 0.6 is 0 Å². The van der Waals surface area contributed by atoms with E-state index in [4.69, 9.17) is 5.10 Å². The number of hydrogen-bond acceptors (Lipinski definition) is 3. The number of amides is 1. The van der Waals surface area contributed by atoms with Crippen LogP contribution in [0.2, 0.25) is 0 Å². The van der Waals surface area contributed by atoms with Crippen molar-refractivity contribution in [2.45, 2.75) is 33.2 Å². The summed E-state index contributed by atoms with van der Waals surface area (Å²) in [4.78, 5) is 15.3. The first kappa shape index (κ1) is 20.4. The van der Waals surface area contributed by atoms with Crippen molar-refractivity contribution >= 4 is 5.91 Å². The molecule has 3 aromatic rings. The van der Waals surface area contributed by atoms with Gasteiger partial charge in [-0.3, -0.25) is 9.48 Å². The molecule has 1 atom stereocenters. The van der Waals surface area contributed by atoms with Crippen molar-refractivity contribution < 1.29 is 9.90 Å². The van der Waals surface area contributed by atoms with Crippen molar-refractivity contribution in [3.8, 4) is 11.3 Å². The molecule has 1 aliphatic rings. The first-order chi connectivity index (χ1) is 14.5. The van der Waals surface area contributed by atoms with Gasteiger partial charge >= 0.3 is 0 Å². The molecule has 156 valence electrons. The number of rotatable bonds is 5. The van der Waals surface area contributed by atoms with Crippen LogP contribution in [0.1, 0.15) is 39.9 Å². The molecule has 0 aliphatic carbocycles. The lowest BCUT2D eigenvalue weighted by molar-refractivity contribution is 0.0621. The molecule has 1 unspecified atom stereocenters. The van der Waals surface area contributed by atoms with Crippen LogP contribution < -0.4 is 0 Å². The van der Waals surface area contributed by atoms with Crippen molar-refractivity contribution in [1.82, 2.24) is 14.7 Å². The average Bonchev–Trinajstić information content (AvgIpc) is 3.19. The van der Waals surface area contributed by atoms with Crippen LogP contribution in [0.5, 0.6) is 0 Å². The number of carbonyl (C=O) groups excluding carboxylic acids is 1. The van der Waals surface area contributed by atoms with Crippen LogP contribution in [-0.2, 0) is 6.54 Å². The molecule has 0 spiro atoms. The second-order valence-corrected chi connectivity index (χ2v) is 8.38. The van der Waals surface area contributed by atoms with E-state index in [1.165, 1.54) is 11.1 Å². The number of likely N-dealkylation sites (tertiary alicyclic amines) is 1. The maximum absolute atomic E-state index is 13.4. The summed E-state index contributed by atoms with van der Waals surface area (Å²) >= 11 is 0. The predicted molar refractivity (Wildman–Crippen MR) is 118 cm³/mol. The highest BCUT2D eigenvalue weighted by atomic mass is 16.3. The van der Waals surface area contributed by atoms with Crippen molar-refractivity contribution in [3.63, 3.8) is 0 Å². The van der Waals surface area contributed by atoms with E-state index >= 15 is 0 Å². The summed E-state index contributed by atoms with van der Waals surface area (Å²) in [6, 6.07) is 16.5. The van der Waals surface area contributed by atoms with Gasteiger partial charge in [-0.15, -0.1) is 0 Å². The molecule has 5 heteroatoms. The van der Waals surface area contributed by atoms with Crippen molar-refractivity contribution in [1.29, 1.82) is 0 Å². The zero-order chi connectivity index (χ0) is 21.1. The molecule has 1 fully saturated rings. The molecular weight excluding hydrogens is 374 g/mol. The molecule has 0 bridgehead atoms. The number of aryl methyl sites for hydroxylation is 2. The Hall–Kier alpha value is -2.92. The fourth-order valence-electron chi connectivity index (χ4n) is 4.03. The molecule has 0 saturated carbocycles. The third-order valence-electron chi connectivity index (χ3n) is 5.85. The quantitative estimate of drug-likeness (QED) is 0.699. The lowest BCUT2D eigenvalue weighted by atomic mass is 9.98. The number of piperidine rings is 1. The smallest absolute Gasteiger partial charge is 0.257 e. The van der Waals surface area contributed by atoms with Crippen LogP contribution in [0, 0.1) is 19.8 Å². The summed E-state index contributed by atoms with van der Waals surface area (Å²) < 4.78 is 1.86. The molecule has 2 heterocycles. The Labute approximate surface area is 178 Å². The minimum Gasteiger partial charge on any atom is -0.396 e. The normalized spacial score (nSPS) is 16.6. The van der Waals surface area contributed by atoms with E-state index in [0.717, 1.165) is 36.2 Å². The molecule has 1 saturated heterocycles. The highest BCUT2D eigenvalue weighted by molar-refractivity contribution is 5.99. The predicted octanol–water partition coefficient (Wildman–Crippen LogP) is 4.06. The summed E-state index contributed by atoms with van der Waals surface area (Å²) in [5.74, 6) is 0.159. The van der Waals surface area contributed by atoms with Gasteiger partial charge in [0, 0.05) is 31.5 Å². The maximum Gasteiger partial charge on any atom is 0.257 e. The Kier molecular flexibility index (Phi) is 6.00. The lowest BCUT2D eigenvalue weighted by Gasteiger charge is -2.31. The van der Waals surface area contributed by atoms with Crippen molar-refractivity contribution in [2.75, 3.05) is 19.7 Å². The Morgan fingerprint density at radius 2 is 1.73 bits per heavy atom. The van der Waals surface area contributed by atoms with E-state index in [1.54, 1.807) is 0 Å². The first-order valence-corrected chi connectivity index (χ1v) is 10.6. The zero-order valence-electron chi connectivity index (χ0n) is 17.7. The number of hydrogen-bond donors (Lipinski definition) is 1. The Morgan fingerprint density at radius 3 is 2.40 bits per heavy atom. The molecule has 2 aromatic carbocycles. The molecular formula is C25H29N3O2. The number of aromatic nitrogens is 2. The van der Waals surface area contributed by atoms with Gasteiger partial charge in [0.05, 0.1) is 12.1 Å². The van der Waals surface area contributed by atoms with Crippen LogP contribution in [0.4, 0.5) is 0 Å². The fraction of sp³-hybridized carbons (Fsp3) is 0.360. The van der Waals surface area contributed by atoms with E-state index in [2.05, 4.69) is 38.1 Å². The SMILES string of the molecule is Cc1ccc(Cn2cc(C(=O)N3CCCC(CO)C3)c(-c3ccc(C)cc3)n2)cc1. The van der Waals surface area contributed by atoms with Gasteiger partial charge in [-0.05, 0) is 38.2 Å². The van der Waals surface area contributed by atoms with Crippen LogP contribution in [-0.4, -0.2) is 45.4 Å². The van der Waals surface area contributed by atoms with E-state index in [0.29, 0.717) is 18.7 Å². The van der Waals surface area contributed by atoms with E-state index in [9.17, 15) is 9.90 Å². The minimum atomic E-state index is -0.00104. The second-order valence-electron chi connectivity index (χ2n) is 8.38.